The quantitative estimate of drug-likeness (QED) is 0.642. The van der Waals surface area contributed by atoms with E-state index in [-0.39, 0.29) is 11.2 Å². The maximum Gasteiger partial charge on any atom is 0.237 e. The van der Waals surface area contributed by atoms with Crippen molar-refractivity contribution in [2.24, 2.45) is 7.05 Å². The van der Waals surface area contributed by atoms with Gasteiger partial charge in [-0.1, -0.05) is 11.8 Å². The predicted octanol–water partition coefficient (Wildman–Crippen LogP) is 1.53. The van der Waals surface area contributed by atoms with Gasteiger partial charge in [0, 0.05) is 18.8 Å². The molecule has 3 N–H and O–H groups in total. The monoisotopic (exact) mass is 307 g/mol. The van der Waals surface area contributed by atoms with Crippen LogP contribution in [0.15, 0.2) is 29.7 Å². The lowest BCUT2D eigenvalue weighted by molar-refractivity contribution is -0.115. The number of hydrogen-bond donors (Lipinski definition) is 2. The number of nitrogens with one attached hydrogen (secondary N) is 1. The maximum absolute atomic E-state index is 12.2. The van der Waals surface area contributed by atoms with Gasteiger partial charge in [0.2, 0.25) is 5.91 Å². The summed E-state index contributed by atoms with van der Waals surface area (Å²) in [6.45, 7) is 1.80. The topological polar surface area (TPSA) is 95.1 Å². The van der Waals surface area contributed by atoms with Crippen LogP contribution in [0, 0.1) is 0 Å². The van der Waals surface area contributed by atoms with Gasteiger partial charge in [0.05, 0.1) is 18.0 Å². The number of thioether (sulfide) groups is 1. The number of amides is 1. The Morgan fingerprint density at radius 3 is 2.90 bits per heavy atom. The number of benzene rings is 1. The first-order valence-electron chi connectivity index (χ1n) is 6.26. The molecule has 1 amide bonds. The second-order valence-corrected chi connectivity index (χ2v) is 5.74. The number of ether oxygens (including phenoxy) is 1. The summed E-state index contributed by atoms with van der Waals surface area (Å²) < 4.78 is 6.97. The molecule has 0 bridgehead atoms. The standard InChI is InChI=1S/C13H17N5O2S/c1-8(21-13-17-15-7-18(13)2)12(19)16-10-5-4-9(14)6-11(10)20-3/h4-8H,14H2,1-3H3,(H,16,19). The Balaban J connectivity index is 2.05. The Labute approximate surface area is 126 Å². The van der Waals surface area contributed by atoms with E-state index in [0.29, 0.717) is 22.3 Å². The summed E-state index contributed by atoms with van der Waals surface area (Å²) in [6, 6.07) is 5.08. The van der Waals surface area contributed by atoms with E-state index < -0.39 is 0 Å². The predicted molar refractivity (Wildman–Crippen MR) is 82.4 cm³/mol. The minimum absolute atomic E-state index is 0.147. The van der Waals surface area contributed by atoms with E-state index in [1.165, 1.54) is 18.9 Å². The largest absolute Gasteiger partial charge is 0.494 e. The van der Waals surface area contributed by atoms with E-state index in [0.717, 1.165) is 0 Å². The van der Waals surface area contributed by atoms with E-state index in [2.05, 4.69) is 15.5 Å². The van der Waals surface area contributed by atoms with Crippen LogP contribution in [0.5, 0.6) is 5.75 Å². The summed E-state index contributed by atoms with van der Waals surface area (Å²) in [5.41, 5.74) is 6.85. The van der Waals surface area contributed by atoms with Gasteiger partial charge in [0.15, 0.2) is 5.16 Å². The summed E-state index contributed by atoms with van der Waals surface area (Å²) >= 11 is 1.33. The Morgan fingerprint density at radius 2 is 2.29 bits per heavy atom. The number of nitrogens with zero attached hydrogens (tertiary/aromatic N) is 3. The third kappa shape index (κ3) is 3.66. The number of methoxy groups -OCH3 is 1. The first-order chi connectivity index (χ1) is 10.0. The molecule has 112 valence electrons. The van der Waals surface area contributed by atoms with Crippen molar-refractivity contribution in [3.05, 3.63) is 24.5 Å². The third-order valence-corrected chi connectivity index (χ3v) is 3.95. The zero-order valence-electron chi connectivity index (χ0n) is 12.0. The number of anilines is 2. The molecule has 0 aliphatic rings. The maximum atomic E-state index is 12.2. The van der Waals surface area contributed by atoms with E-state index in [1.54, 1.807) is 36.0 Å². The highest BCUT2D eigenvalue weighted by atomic mass is 32.2. The molecular formula is C13H17N5O2S. The number of carbonyl (C=O) groups is 1. The minimum atomic E-state index is -0.324. The number of aromatic nitrogens is 3. The van der Waals surface area contributed by atoms with Crippen LogP contribution in [-0.4, -0.2) is 33.0 Å². The van der Waals surface area contributed by atoms with Crippen molar-refractivity contribution in [3.8, 4) is 5.75 Å². The molecule has 0 spiro atoms. The average molecular weight is 307 g/mol. The van der Waals surface area contributed by atoms with E-state index in [9.17, 15) is 4.79 Å². The lowest BCUT2D eigenvalue weighted by atomic mass is 10.2. The number of rotatable bonds is 5. The number of carbonyl (C=O) groups excluding carboxylic acids is 1. The summed E-state index contributed by atoms with van der Waals surface area (Å²) in [5.74, 6) is 0.380. The van der Waals surface area contributed by atoms with E-state index >= 15 is 0 Å². The van der Waals surface area contributed by atoms with Crippen molar-refractivity contribution in [1.82, 2.24) is 14.8 Å². The van der Waals surface area contributed by atoms with Crippen LogP contribution in [-0.2, 0) is 11.8 Å². The molecule has 0 aliphatic heterocycles. The van der Waals surface area contributed by atoms with Gasteiger partial charge in [-0.15, -0.1) is 10.2 Å². The van der Waals surface area contributed by atoms with Crippen molar-refractivity contribution in [2.75, 3.05) is 18.2 Å². The molecule has 7 nitrogen and oxygen atoms in total. The van der Waals surface area contributed by atoms with Crippen molar-refractivity contribution in [2.45, 2.75) is 17.3 Å². The molecule has 8 heteroatoms. The van der Waals surface area contributed by atoms with Crippen LogP contribution in [0.3, 0.4) is 0 Å². The highest BCUT2D eigenvalue weighted by molar-refractivity contribution is 8.00. The van der Waals surface area contributed by atoms with E-state index in [4.69, 9.17) is 10.5 Å². The molecule has 0 saturated heterocycles. The summed E-state index contributed by atoms with van der Waals surface area (Å²) in [7, 11) is 3.36. The van der Waals surface area contributed by atoms with Crippen molar-refractivity contribution < 1.29 is 9.53 Å². The van der Waals surface area contributed by atoms with Gasteiger partial charge in [-0.25, -0.2) is 0 Å². The molecule has 2 rings (SSSR count). The normalized spacial score (nSPS) is 12.0. The Kier molecular flexibility index (Phi) is 4.69. The Morgan fingerprint density at radius 1 is 1.52 bits per heavy atom. The van der Waals surface area contributed by atoms with Gasteiger partial charge in [0.1, 0.15) is 12.1 Å². The molecule has 1 atom stereocenters. The third-order valence-electron chi connectivity index (χ3n) is 2.80. The van der Waals surface area contributed by atoms with Gasteiger partial charge in [-0.3, -0.25) is 4.79 Å². The fraction of sp³-hybridized carbons (Fsp3) is 0.308. The lowest BCUT2D eigenvalue weighted by Gasteiger charge is -2.14. The van der Waals surface area contributed by atoms with Crippen LogP contribution in [0.25, 0.3) is 0 Å². The number of nitrogen functional groups attached to an aromatic ring is 1. The van der Waals surface area contributed by atoms with Gasteiger partial charge >= 0.3 is 0 Å². The smallest absolute Gasteiger partial charge is 0.237 e. The van der Waals surface area contributed by atoms with Gasteiger partial charge in [0.25, 0.3) is 0 Å². The number of aryl methyl sites for hydroxylation is 1. The second-order valence-electron chi connectivity index (χ2n) is 4.43. The van der Waals surface area contributed by atoms with Crippen LogP contribution >= 0.6 is 11.8 Å². The zero-order chi connectivity index (χ0) is 15.4. The first kappa shape index (κ1) is 15.2. The molecule has 1 aromatic heterocycles. The number of nitrogens with two attached hydrogens (primary N) is 1. The lowest BCUT2D eigenvalue weighted by Crippen LogP contribution is -2.23. The molecule has 1 aromatic carbocycles. The van der Waals surface area contributed by atoms with Gasteiger partial charge < -0.3 is 20.4 Å². The van der Waals surface area contributed by atoms with Crippen LogP contribution in [0.1, 0.15) is 6.92 Å². The summed E-state index contributed by atoms with van der Waals surface area (Å²) in [4.78, 5) is 12.2. The fourth-order valence-corrected chi connectivity index (χ4v) is 2.43. The zero-order valence-corrected chi connectivity index (χ0v) is 12.8. The Bertz CT molecular complexity index is 643. The molecule has 0 fully saturated rings. The van der Waals surface area contributed by atoms with E-state index in [1.807, 2.05) is 7.05 Å². The van der Waals surface area contributed by atoms with Crippen molar-refractivity contribution in [1.29, 1.82) is 0 Å². The highest BCUT2D eigenvalue weighted by Gasteiger charge is 2.18. The second kappa shape index (κ2) is 6.49. The highest BCUT2D eigenvalue weighted by Crippen LogP contribution is 2.28. The molecule has 0 aliphatic carbocycles. The molecule has 0 radical (unpaired) electrons. The molecular weight excluding hydrogens is 290 g/mol. The van der Waals surface area contributed by atoms with Gasteiger partial charge in [-0.2, -0.15) is 0 Å². The first-order valence-corrected chi connectivity index (χ1v) is 7.14. The van der Waals surface area contributed by atoms with Crippen LogP contribution in [0.2, 0.25) is 0 Å². The molecule has 0 saturated carbocycles. The Hall–Kier alpha value is -2.22. The van der Waals surface area contributed by atoms with Crippen molar-refractivity contribution in [3.63, 3.8) is 0 Å². The fourth-order valence-electron chi connectivity index (χ4n) is 1.64. The van der Waals surface area contributed by atoms with Gasteiger partial charge in [-0.05, 0) is 19.1 Å². The summed E-state index contributed by atoms with van der Waals surface area (Å²) in [6.07, 6.45) is 1.59. The average Bonchev–Trinajstić information content (AvgIpc) is 2.86. The molecule has 2 aromatic rings. The molecule has 1 heterocycles. The summed E-state index contributed by atoms with van der Waals surface area (Å²) in [5, 5.41) is 10.9. The van der Waals surface area contributed by atoms with Crippen LogP contribution < -0.4 is 15.8 Å². The van der Waals surface area contributed by atoms with Crippen molar-refractivity contribution >= 4 is 29.0 Å². The SMILES string of the molecule is COc1cc(N)ccc1NC(=O)C(C)Sc1nncn1C. The minimum Gasteiger partial charge on any atom is -0.494 e. The number of hydrogen-bond acceptors (Lipinski definition) is 6. The molecule has 1 unspecified atom stereocenters. The van der Waals surface area contributed by atoms with Crippen LogP contribution in [0.4, 0.5) is 11.4 Å². The molecule has 21 heavy (non-hydrogen) atoms.